The molecule has 2 aromatic heterocycles. The van der Waals surface area contributed by atoms with E-state index in [4.69, 9.17) is 9.47 Å². The predicted octanol–water partition coefficient (Wildman–Crippen LogP) is 1.99. The number of carbonyl (C=O) groups is 1. The number of amides is 1. The van der Waals surface area contributed by atoms with Crippen molar-refractivity contribution in [1.29, 1.82) is 0 Å². The average Bonchev–Trinajstić information content (AvgIpc) is 3.05. The molecule has 0 aliphatic carbocycles. The third-order valence-electron chi connectivity index (χ3n) is 3.88. The molecule has 0 radical (unpaired) electrons. The first-order valence-electron chi connectivity index (χ1n) is 8.20. The highest BCUT2D eigenvalue weighted by Gasteiger charge is 2.10. The van der Waals surface area contributed by atoms with Crippen LogP contribution < -0.4 is 20.3 Å². The van der Waals surface area contributed by atoms with Crippen molar-refractivity contribution in [3.63, 3.8) is 0 Å². The Morgan fingerprint density at radius 1 is 1.19 bits per heavy atom. The van der Waals surface area contributed by atoms with Crippen LogP contribution >= 0.6 is 11.8 Å². The lowest BCUT2D eigenvalue weighted by atomic mass is 10.2. The minimum atomic E-state index is -0.249. The molecule has 0 bridgehead atoms. The van der Waals surface area contributed by atoms with Gasteiger partial charge in [0.1, 0.15) is 5.52 Å². The molecule has 0 spiro atoms. The minimum absolute atomic E-state index is 0.144. The number of carbonyl (C=O) groups excluding carboxylic acids is 1. The summed E-state index contributed by atoms with van der Waals surface area (Å²) in [5.41, 5.74) is 2.53. The van der Waals surface area contributed by atoms with E-state index in [1.807, 2.05) is 19.1 Å². The molecule has 142 valence electrons. The minimum Gasteiger partial charge on any atom is -0.493 e. The Labute approximate surface area is 159 Å². The van der Waals surface area contributed by atoms with Crippen molar-refractivity contribution in [3.05, 3.63) is 45.9 Å². The van der Waals surface area contributed by atoms with Crippen LogP contribution in [0.5, 0.6) is 11.5 Å². The first kappa shape index (κ1) is 18.8. The zero-order valence-electron chi connectivity index (χ0n) is 15.2. The number of hydrogen-bond donors (Lipinski definition) is 3. The Hall–Kier alpha value is -2.94. The van der Waals surface area contributed by atoms with Crippen LogP contribution in [0.25, 0.3) is 11.0 Å². The topological polar surface area (TPSA) is 109 Å². The summed E-state index contributed by atoms with van der Waals surface area (Å²) in [6.07, 6.45) is 0. The van der Waals surface area contributed by atoms with Gasteiger partial charge in [-0.2, -0.15) is 0 Å². The van der Waals surface area contributed by atoms with Crippen molar-refractivity contribution >= 4 is 28.7 Å². The molecule has 0 fully saturated rings. The van der Waals surface area contributed by atoms with Gasteiger partial charge in [0.05, 0.1) is 25.5 Å². The van der Waals surface area contributed by atoms with Gasteiger partial charge in [0.15, 0.2) is 16.7 Å². The first-order chi connectivity index (χ1) is 13.0. The summed E-state index contributed by atoms with van der Waals surface area (Å²) in [6.45, 7) is 2.22. The summed E-state index contributed by atoms with van der Waals surface area (Å²) in [6, 6.07) is 7.26. The van der Waals surface area contributed by atoms with Gasteiger partial charge in [0.2, 0.25) is 5.91 Å². The van der Waals surface area contributed by atoms with E-state index in [1.54, 1.807) is 26.4 Å². The van der Waals surface area contributed by atoms with Crippen LogP contribution in [-0.2, 0) is 11.3 Å². The fourth-order valence-corrected chi connectivity index (χ4v) is 3.27. The summed E-state index contributed by atoms with van der Waals surface area (Å²) in [5, 5.41) is 3.24. The van der Waals surface area contributed by atoms with E-state index in [1.165, 1.54) is 11.8 Å². The predicted molar refractivity (Wildman–Crippen MR) is 104 cm³/mol. The lowest BCUT2D eigenvalue weighted by Gasteiger charge is -2.10. The third-order valence-corrected chi connectivity index (χ3v) is 4.75. The maximum atomic E-state index is 12.1. The highest BCUT2D eigenvalue weighted by molar-refractivity contribution is 7.99. The first-order valence-corrected chi connectivity index (χ1v) is 9.18. The van der Waals surface area contributed by atoms with Crippen LogP contribution in [0.2, 0.25) is 0 Å². The number of fused-ring (bicyclic) bond motifs is 1. The number of nitrogens with one attached hydrogen (secondary N) is 3. The SMILES string of the molecule is COc1ccc(CNC(=O)CSc2nc3cc(C)[nH]c3c(=O)[nH]2)cc1OC. The second-order valence-corrected chi connectivity index (χ2v) is 6.80. The highest BCUT2D eigenvalue weighted by Crippen LogP contribution is 2.27. The maximum Gasteiger partial charge on any atom is 0.275 e. The smallest absolute Gasteiger partial charge is 0.275 e. The number of methoxy groups -OCH3 is 2. The fraction of sp³-hybridized carbons (Fsp3) is 0.278. The Morgan fingerprint density at radius 2 is 1.96 bits per heavy atom. The van der Waals surface area contributed by atoms with Crippen molar-refractivity contribution in [2.24, 2.45) is 0 Å². The number of aryl methyl sites for hydroxylation is 1. The Balaban J connectivity index is 1.58. The average molecular weight is 388 g/mol. The molecule has 1 aromatic carbocycles. The number of ether oxygens (including phenoxy) is 2. The van der Waals surface area contributed by atoms with Crippen LogP contribution in [0.15, 0.2) is 34.2 Å². The zero-order valence-corrected chi connectivity index (χ0v) is 16.0. The van der Waals surface area contributed by atoms with E-state index in [-0.39, 0.29) is 17.2 Å². The van der Waals surface area contributed by atoms with Crippen molar-refractivity contribution < 1.29 is 14.3 Å². The van der Waals surface area contributed by atoms with Gasteiger partial charge in [-0.05, 0) is 30.7 Å². The number of H-pyrrole nitrogens is 2. The molecule has 9 heteroatoms. The summed E-state index contributed by atoms with van der Waals surface area (Å²) in [7, 11) is 3.13. The van der Waals surface area contributed by atoms with E-state index >= 15 is 0 Å². The zero-order chi connectivity index (χ0) is 19.4. The molecule has 27 heavy (non-hydrogen) atoms. The van der Waals surface area contributed by atoms with Crippen molar-refractivity contribution in [2.75, 3.05) is 20.0 Å². The summed E-state index contributed by atoms with van der Waals surface area (Å²) >= 11 is 1.18. The highest BCUT2D eigenvalue weighted by atomic mass is 32.2. The van der Waals surface area contributed by atoms with Gasteiger partial charge >= 0.3 is 0 Å². The number of benzene rings is 1. The number of aromatic amines is 2. The molecule has 1 amide bonds. The van der Waals surface area contributed by atoms with Crippen LogP contribution in [0.3, 0.4) is 0 Å². The molecule has 8 nitrogen and oxygen atoms in total. The van der Waals surface area contributed by atoms with Crippen LogP contribution in [-0.4, -0.2) is 40.8 Å². The fourth-order valence-electron chi connectivity index (χ4n) is 2.58. The number of hydrogen-bond acceptors (Lipinski definition) is 6. The van der Waals surface area contributed by atoms with Crippen molar-refractivity contribution in [3.8, 4) is 11.5 Å². The van der Waals surface area contributed by atoms with Crippen molar-refractivity contribution in [1.82, 2.24) is 20.3 Å². The van der Waals surface area contributed by atoms with Gasteiger partial charge in [-0.25, -0.2) is 4.98 Å². The Bertz CT molecular complexity index is 1030. The normalized spacial score (nSPS) is 10.8. The van der Waals surface area contributed by atoms with Gasteiger partial charge in [0, 0.05) is 12.2 Å². The van der Waals surface area contributed by atoms with Gasteiger partial charge < -0.3 is 19.8 Å². The van der Waals surface area contributed by atoms with E-state index < -0.39 is 0 Å². The van der Waals surface area contributed by atoms with Crippen molar-refractivity contribution in [2.45, 2.75) is 18.6 Å². The van der Waals surface area contributed by atoms with Crippen LogP contribution in [0.4, 0.5) is 0 Å². The van der Waals surface area contributed by atoms with E-state index in [2.05, 4.69) is 20.3 Å². The largest absolute Gasteiger partial charge is 0.493 e. The van der Waals surface area contributed by atoms with Gasteiger partial charge in [-0.15, -0.1) is 0 Å². The quantitative estimate of drug-likeness (QED) is 0.422. The number of nitrogens with zero attached hydrogens (tertiary/aromatic N) is 1. The number of aromatic nitrogens is 3. The molecule has 0 unspecified atom stereocenters. The monoisotopic (exact) mass is 388 g/mol. The molecular weight excluding hydrogens is 368 g/mol. The van der Waals surface area contributed by atoms with Gasteiger partial charge in [-0.3, -0.25) is 14.6 Å². The van der Waals surface area contributed by atoms with E-state index in [0.717, 1.165) is 11.3 Å². The molecule has 0 aliphatic rings. The van der Waals surface area contributed by atoms with E-state index in [0.29, 0.717) is 34.2 Å². The third kappa shape index (κ3) is 4.43. The van der Waals surface area contributed by atoms with Gasteiger partial charge in [0.25, 0.3) is 5.56 Å². The summed E-state index contributed by atoms with van der Waals surface area (Å²) in [4.78, 5) is 34.1. The second kappa shape index (κ2) is 8.17. The second-order valence-electron chi connectivity index (χ2n) is 5.84. The molecule has 0 atom stereocenters. The number of thioether (sulfide) groups is 1. The Morgan fingerprint density at radius 3 is 2.70 bits per heavy atom. The lowest BCUT2D eigenvalue weighted by molar-refractivity contribution is -0.118. The molecular formula is C18H20N4O4S. The van der Waals surface area contributed by atoms with E-state index in [9.17, 15) is 9.59 Å². The molecule has 0 saturated heterocycles. The molecule has 0 aliphatic heterocycles. The molecule has 3 rings (SSSR count). The van der Waals surface area contributed by atoms with Crippen LogP contribution in [0, 0.1) is 6.92 Å². The molecule has 0 saturated carbocycles. The molecule has 3 N–H and O–H groups in total. The van der Waals surface area contributed by atoms with Crippen LogP contribution in [0.1, 0.15) is 11.3 Å². The molecule has 3 aromatic rings. The number of rotatable bonds is 7. The summed E-state index contributed by atoms with van der Waals surface area (Å²) < 4.78 is 10.4. The summed E-state index contributed by atoms with van der Waals surface area (Å²) in [5.74, 6) is 1.22. The maximum absolute atomic E-state index is 12.1. The standard InChI is InChI=1S/C18H20N4O4S/c1-10-6-12-16(20-10)17(24)22-18(21-12)27-9-15(23)19-8-11-4-5-13(25-2)14(7-11)26-3/h4-7,20H,8-9H2,1-3H3,(H,19,23)(H,21,22,24). The van der Waals surface area contributed by atoms with Gasteiger partial charge in [-0.1, -0.05) is 17.8 Å². The lowest BCUT2D eigenvalue weighted by Crippen LogP contribution is -2.24. The Kier molecular flexibility index (Phi) is 5.70. The molecule has 2 heterocycles.